The first-order chi connectivity index (χ1) is 8.40. The van der Waals surface area contributed by atoms with Crippen LogP contribution < -0.4 is 11.4 Å². The minimum atomic E-state index is -0.126. The molecule has 0 aliphatic carbocycles. The van der Waals surface area contributed by atoms with Gasteiger partial charge < -0.3 is 19.9 Å². The Balaban J connectivity index is 0.000000180. The van der Waals surface area contributed by atoms with Gasteiger partial charge in [-0.1, -0.05) is 27.7 Å². The molecule has 2 rings (SSSR count). The lowest BCUT2D eigenvalue weighted by molar-refractivity contribution is 0.829. The summed E-state index contributed by atoms with van der Waals surface area (Å²) in [6.45, 7) is 8.11. The Labute approximate surface area is 105 Å². The van der Waals surface area contributed by atoms with Crippen molar-refractivity contribution >= 4 is 0 Å². The van der Waals surface area contributed by atoms with Crippen LogP contribution in [0.25, 0.3) is 0 Å². The summed E-state index contributed by atoms with van der Waals surface area (Å²) in [5, 5.41) is 0. The fourth-order valence-corrected chi connectivity index (χ4v) is 1.32. The molecule has 2 aromatic heterocycles. The van der Waals surface area contributed by atoms with Crippen LogP contribution in [0.5, 0.6) is 0 Å². The molecule has 18 heavy (non-hydrogen) atoms. The molecule has 0 radical (unpaired) electrons. The van der Waals surface area contributed by atoms with Gasteiger partial charge in [0.1, 0.15) is 0 Å². The topological polar surface area (TPSA) is 97.3 Å². The van der Waals surface area contributed by atoms with Crippen LogP contribution in [0.3, 0.4) is 0 Å². The number of nitrogens with one attached hydrogen (secondary N) is 4. The number of hydrogen-bond acceptors (Lipinski definition) is 2. The summed E-state index contributed by atoms with van der Waals surface area (Å²) in [4.78, 5) is 31.4. The van der Waals surface area contributed by atoms with Crippen molar-refractivity contribution in [2.45, 2.75) is 39.5 Å². The molecule has 0 saturated carbocycles. The molecule has 0 atom stereocenters. The highest BCUT2D eigenvalue weighted by molar-refractivity contribution is 5.00. The Bertz CT molecular complexity index is 519. The third-order valence-corrected chi connectivity index (χ3v) is 2.48. The summed E-state index contributed by atoms with van der Waals surface area (Å²) < 4.78 is 0. The Kier molecular flexibility index (Phi) is 4.76. The maximum atomic E-state index is 10.5. The molecule has 0 bridgehead atoms. The minimum absolute atomic E-state index is 0.126. The van der Waals surface area contributed by atoms with E-state index in [0.29, 0.717) is 11.8 Å². The van der Waals surface area contributed by atoms with E-state index in [1.807, 2.05) is 27.7 Å². The molecule has 0 spiro atoms. The van der Waals surface area contributed by atoms with Crippen LogP contribution in [0.1, 0.15) is 50.9 Å². The van der Waals surface area contributed by atoms with Gasteiger partial charge in [0.15, 0.2) is 0 Å². The Morgan fingerprint density at radius 3 is 1.22 bits per heavy atom. The molecule has 100 valence electrons. The normalized spacial score (nSPS) is 10.6. The number of H-pyrrole nitrogens is 4. The second kappa shape index (κ2) is 6.09. The average Bonchev–Trinajstić information content (AvgIpc) is 2.88. The summed E-state index contributed by atoms with van der Waals surface area (Å²) >= 11 is 0. The fraction of sp³-hybridized carbons (Fsp3) is 0.500. The SMILES string of the molecule is CC(C)c1c[nH]c(=O)[nH]1.CC(C)c1c[nH]c(=O)[nH]1. The first kappa shape index (κ1) is 14.1. The van der Waals surface area contributed by atoms with Crippen LogP contribution >= 0.6 is 0 Å². The zero-order chi connectivity index (χ0) is 13.7. The Morgan fingerprint density at radius 1 is 0.778 bits per heavy atom. The number of imidazole rings is 2. The van der Waals surface area contributed by atoms with Crippen molar-refractivity contribution in [2.75, 3.05) is 0 Å². The molecule has 4 N–H and O–H groups in total. The number of rotatable bonds is 2. The molecular formula is C12H20N4O2. The maximum absolute atomic E-state index is 10.5. The van der Waals surface area contributed by atoms with E-state index in [1.54, 1.807) is 12.4 Å². The van der Waals surface area contributed by atoms with E-state index in [9.17, 15) is 9.59 Å². The van der Waals surface area contributed by atoms with E-state index in [2.05, 4.69) is 19.9 Å². The van der Waals surface area contributed by atoms with E-state index in [1.165, 1.54) is 0 Å². The number of aromatic nitrogens is 4. The van der Waals surface area contributed by atoms with Crippen LogP contribution in [0.15, 0.2) is 22.0 Å². The highest BCUT2D eigenvalue weighted by Gasteiger charge is 1.99. The molecule has 6 heteroatoms. The van der Waals surface area contributed by atoms with Gasteiger partial charge in [-0.05, 0) is 11.8 Å². The van der Waals surface area contributed by atoms with Crippen molar-refractivity contribution in [3.8, 4) is 0 Å². The number of hydrogen-bond donors (Lipinski definition) is 4. The van der Waals surface area contributed by atoms with Gasteiger partial charge in [-0.3, -0.25) is 0 Å². The zero-order valence-electron chi connectivity index (χ0n) is 11.1. The number of aromatic amines is 4. The van der Waals surface area contributed by atoms with Gasteiger partial charge in [-0.15, -0.1) is 0 Å². The summed E-state index contributed by atoms with van der Waals surface area (Å²) in [7, 11) is 0. The predicted molar refractivity (Wildman–Crippen MR) is 71.0 cm³/mol. The minimum Gasteiger partial charge on any atom is -0.313 e. The van der Waals surface area contributed by atoms with E-state index in [4.69, 9.17) is 0 Å². The zero-order valence-corrected chi connectivity index (χ0v) is 11.1. The van der Waals surface area contributed by atoms with E-state index < -0.39 is 0 Å². The molecule has 0 aliphatic heterocycles. The van der Waals surface area contributed by atoms with E-state index in [-0.39, 0.29) is 11.4 Å². The predicted octanol–water partition coefficient (Wildman–Crippen LogP) is 1.65. The summed E-state index contributed by atoms with van der Waals surface area (Å²) in [5.41, 5.74) is 1.66. The first-order valence-corrected chi connectivity index (χ1v) is 5.95. The first-order valence-electron chi connectivity index (χ1n) is 5.95. The van der Waals surface area contributed by atoms with Crippen LogP contribution in [0.2, 0.25) is 0 Å². The van der Waals surface area contributed by atoms with Crippen LogP contribution in [-0.2, 0) is 0 Å². The monoisotopic (exact) mass is 252 g/mol. The summed E-state index contributed by atoms with van der Waals surface area (Å²) in [5.74, 6) is 0.785. The van der Waals surface area contributed by atoms with Gasteiger partial charge in [0.2, 0.25) is 0 Å². The smallest absolute Gasteiger partial charge is 0.313 e. The molecule has 0 saturated heterocycles. The molecule has 0 unspecified atom stereocenters. The van der Waals surface area contributed by atoms with E-state index >= 15 is 0 Å². The third kappa shape index (κ3) is 4.12. The third-order valence-electron chi connectivity index (χ3n) is 2.48. The van der Waals surface area contributed by atoms with Crippen molar-refractivity contribution in [2.24, 2.45) is 0 Å². The van der Waals surface area contributed by atoms with Crippen LogP contribution in [0, 0.1) is 0 Å². The second-order valence-electron chi connectivity index (χ2n) is 4.71. The van der Waals surface area contributed by atoms with Gasteiger partial charge in [0.25, 0.3) is 0 Å². The van der Waals surface area contributed by atoms with Gasteiger partial charge in [-0.2, -0.15) is 0 Å². The fourth-order valence-electron chi connectivity index (χ4n) is 1.32. The lowest BCUT2D eigenvalue weighted by Gasteiger charge is -1.95. The largest absolute Gasteiger partial charge is 0.323 e. The van der Waals surface area contributed by atoms with Crippen LogP contribution in [-0.4, -0.2) is 19.9 Å². The summed E-state index contributed by atoms with van der Waals surface area (Å²) in [6, 6.07) is 0. The molecule has 0 aliphatic rings. The maximum Gasteiger partial charge on any atom is 0.323 e. The van der Waals surface area contributed by atoms with Gasteiger partial charge >= 0.3 is 11.4 Å². The van der Waals surface area contributed by atoms with Crippen molar-refractivity contribution in [1.82, 2.24) is 19.9 Å². The highest BCUT2D eigenvalue weighted by Crippen LogP contribution is 2.06. The van der Waals surface area contributed by atoms with Crippen molar-refractivity contribution in [1.29, 1.82) is 0 Å². The molecule has 2 heterocycles. The average molecular weight is 252 g/mol. The van der Waals surface area contributed by atoms with Gasteiger partial charge in [0, 0.05) is 23.8 Å². The Hall–Kier alpha value is -1.98. The molecule has 0 fully saturated rings. The molecular weight excluding hydrogens is 232 g/mol. The van der Waals surface area contributed by atoms with Crippen molar-refractivity contribution in [3.05, 3.63) is 44.8 Å². The van der Waals surface area contributed by atoms with Crippen molar-refractivity contribution in [3.63, 3.8) is 0 Å². The molecule has 2 aromatic rings. The van der Waals surface area contributed by atoms with E-state index in [0.717, 1.165) is 11.4 Å². The quantitative estimate of drug-likeness (QED) is 0.653. The second-order valence-corrected chi connectivity index (χ2v) is 4.71. The van der Waals surface area contributed by atoms with Gasteiger partial charge in [0.05, 0.1) is 0 Å². The lowest BCUT2D eigenvalue weighted by atomic mass is 10.2. The molecule has 0 aromatic carbocycles. The highest BCUT2D eigenvalue weighted by atomic mass is 16.1. The standard InChI is InChI=1S/2C6H10N2O/c2*1-4(2)5-3-7-6(9)8-5/h2*3-4H,1-2H3,(H2,7,8,9). The molecule has 0 amide bonds. The van der Waals surface area contributed by atoms with Gasteiger partial charge in [-0.25, -0.2) is 9.59 Å². The lowest BCUT2D eigenvalue weighted by Crippen LogP contribution is -2.01. The van der Waals surface area contributed by atoms with Crippen molar-refractivity contribution < 1.29 is 0 Å². The Morgan fingerprint density at radius 2 is 1.11 bits per heavy atom. The summed E-state index contributed by atoms with van der Waals surface area (Å²) in [6.07, 6.45) is 3.40. The van der Waals surface area contributed by atoms with Crippen LogP contribution in [0.4, 0.5) is 0 Å². The molecule has 6 nitrogen and oxygen atoms in total.